The standard InChI is InChI=1S/C24H24N4O6S/c1-5-26(6-2)23(30)20-14(3)25-24-27(21(20)16-9-7-8-10-17(16)33-4)22(29)18(35-24)13-15-11-12-19(34-15)28(31)32/h7-13,21H,5-6H2,1-4H3/b18-13+/t21-/m1/s1. The molecule has 11 heteroatoms. The Labute approximate surface area is 204 Å². The number of likely N-dealkylation sites (N-methyl/N-ethyl adjacent to an activating group) is 1. The molecule has 182 valence electrons. The summed E-state index contributed by atoms with van der Waals surface area (Å²) in [6.07, 6.45) is 1.45. The molecule has 1 amide bonds. The van der Waals surface area contributed by atoms with Crippen molar-refractivity contribution < 1.29 is 18.9 Å². The van der Waals surface area contributed by atoms with E-state index in [1.54, 1.807) is 17.9 Å². The largest absolute Gasteiger partial charge is 0.496 e. The maximum absolute atomic E-state index is 13.6. The number of ether oxygens (including phenoxy) is 1. The van der Waals surface area contributed by atoms with Crippen molar-refractivity contribution in [3.8, 4) is 5.75 Å². The van der Waals surface area contributed by atoms with Crippen molar-refractivity contribution in [2.75, 3.05) is 20.2 Å². The average Bonchev–Trinajstić information content (AvgIpc) is 3.43. The minimum atomic E-state index is -0.761. The van der Waals surface area contributed by atoms with Crippen LogP contribution in [-0.4, -0.2) is 40.5 Å². The Morgan fingerprint density at radius 3 is 2.63 bits per heavy atom. The van der Waals surface area contributed by atoms with Crippen LogP contribution in [0.1, 0.15) is 38.1 Å². The van der Waals surface area contributed by atoms with Crippen molar-refractivity contribution in [1.29, 1.82) is 0 Å². The molecule has 1 atom stereocenters. The maximum Gasteiger partial charge on any atom is 0.433 e. The number of aromatic nitrogens is 1. The summed E-state index contributed by atoms with van der Waals surface area (Å²) in [5.41, 5.74) is 1.17. The molecule has 0 radical (unpaired) electrons. The first-order valence-corrected chi connectivity index (χ1v) is 11.8. The van der Waals surface area contributed by atoms with Gasteiger partial charge < -0.3 is 14.1 Å². The highest BCUT2D eigenvalue weighted by atomic mass is 32.1. The van der Waals surface area contributed by atoms with E-state index >= 15 is 0 Å². The Morgan fingerprint density at radius 1 is 1.29 bits per heavy atom. The van der Waals surface area contributed by atoms with E-state index in [-0.39, 0.29) is 21.8 Å². The molecule has 4 rings (SSSR count). The number of para-hydroxylation sites is 1. The van der Waals surface area contributed by atoms with E-state index in [1.807, 2.05) is 32.0 Å². The summed E-state index contributed by atoms with van der Waals surface area (Å²) in [6, 6.07) is 9.14. The van der Waals surface area contributed by atoms with Gasteiger partial charge in [-0.05, 0) is 32.9 Å². The lowest BCUT2D eigenvalue weighted by Crippen LogP contribution is -2.43. The van der Waals surface area contributed by atoms with E-state index < -0.39 is 16.8 Å². The molecule has 1 aliphatic heterocycles. The first-order valence-electron chi connectivity index (χ1n) is 11.0. The molecule has 0 N–H and O–H groups in total. The van der Waals surface area contributed by atoms with Crippen LogP contribution in [0.15, 0.2) is 61.9 Å². The number of benzene rings is 1. The van der Waals surface area contributed by atoms with E-state index in [1.165, 1.54) is 29.9 Å². The zero-order valence-electron chi connectivity index (χ0n) is 19.7. The number of methoxy groups -OCH3 is 1. The minimum absolute atomic E-state index is 0.172. The van der Waals surface area contributed by atoms with Gasteiger partial charge in [-0.2, -0.15) is 0 Å². The van der Waals surface area contributed by atoms with Crippen LogP contribution in [-0.2, 0) is 4.79 Å². The molecule has 0 aliphatic carbocycles. The van der Waals surface area contributed by atoms with Crippen LogP contribution in [0.5, 0.6) is 5.75 Å². The van der Waals surface area contributed by atoms with Crippen LogP contribution in [0.4, 0.5) is 5.88 Å². The highest BCUT2D eigenvalue weighted by Crippen LogP contribution is 2.36. The van der Waals surface area contributed by atoms with Gasteiger partial charge >= 0.3 is 5.88 Å². The van der Waals surface area contributed by atoms with Gasteiger partial charge in [0.15, 0.2) is 4.80 Å². The number of thiazole rings is 1. The fourth-order valence-electron chi connectivity index (χ4n) is 4.11. The molecule has 0 saturated heterocycles. The lowest BCUT2D eigenvalue weighted by Gasteiger charge is -2.29. The van der Waals surface area contributed by atoms with Crippen LogP contribution in [0.2, 0.25) is 0 Å². The summed E-state index contributed by atoms with van der Waals surface area (Å²) in [5, 5.41) is 11.0. The monoisotopic (exact) mass is 496 g/mol. The first-order chi connectivity index (χ1) is 16.8. The second kappa shape index (κ2) is 9.71. The van der Waals surface area contributed by atoms with Crippen LogP contribution in [0.25, 0.3) is 6.08 Å². The second-order valence-corrected chi connectivity index (χ2v) is 8.74. The molecular formula is C24H24N4O6S. The molecule has 3 heterocycles. The molecule has 35 heavy (non-hydrogen) atoms. The SMILES string of the molecule is CCN(CC)C(=O)C1=C(C)N=c2s/c(=C/c3ccc([N+](=O)[O-])o3)c(=O)n2[C@@H]1c1ccccc1OC. The van der Waals surface area contributed by atoms with Gasteiger partial charge in [0, 0.05) is 24.7 Å². The van der Waals surface area contributed by atoms with E-state index in [0.717, 1.165) is 11.3 Å². The number of hydrogen-bond donors (Lipinski definition) is 0. The van der Waals surface area contributed by atoms with E-state index in [0.29, 0.717) is 40.5 Å². The number of nitro groups is 1. The van der Waals surface area contributed by atoms with E-state index in [9.17, 15) is 19.7 Å². The fourth-order valence-corrected chi connectivity index (χ4v) is 5.14. The van der Waals surface area contributed by atoms with Gasteiger partial charge in [0.25, 0.3) is 11.5 Å². The number of fused-ring (bicyclic) bond motifs is 1. The second-order valence-electron chi connectivity index (χ2n) is 7.73. The quantitative estimate of drug-likeness (QED) is 0.366. The summed E-state index contributed by atoms with van der Waals surface area (Å²) in [4.78, 5) is 44.3. The van der Waals surface area contributed by atoms with Gasteiger partial charge in [0.2, 0.25) is 0 Å². The smallest absolute Gasteiger partial charge is 0.433 e. The Bertz CT molecular complexity index is 1510. The summed E-state index contributed by atoms with van der Waals surface area (Å²) in [5.74, 6) is 0.0845. The fraction of sp³-hybridized carbons (Fsp3) is 0.292. The third-order valence-electron chi connectivity index (χ3n) is 5.80. The summed E-state index contributed by atoms with van der Waals surface area (Å²) in [7, 11) is 1.54. The molecule has 1 aromatic carbocycles. The number of allylic oxidation sites excluding steroid dienone is 1. The molecule has 1 aliphatic rings. The lowest BCUT2D eigenvalue weighted by atomic mass is 9.94. The number of carbonyl (C=O) groups is 1. The predicted octanol–water partition coefficient (Wildman–Crippen LogP) is 2.61. The Morgan fingerprint density at radius 2 is 2.00 bits per heavy atom. The van der Waals surface area contributed by atoms with Crippen LogP contribution in [0, 0.1) is 10.1 Å². The Hall–Kier alpha value is -3.99. The van der Waals surface area contributed by atoms with Crippen LogP contribution in [0.3, 0.4) is 0 Å². The zero-order valence-corrected chi connectivity index (χ0v) is 20.5. The Balaban J connectivity index is 1.97. The van der Waals surface area contributed by atoms with Crippen molar-refractivity contribution in [2.45, 2.75) is 26.8 Å². The van der Waals surface area contributed by atoms with Gasteiger partial charge in [0.1, 0.15) is 22.5 Å². The zero-order chi connectivity index (χ0) is 25.3. The van der Waals surface area contributed by atoms with Crippen molar-refractivity contribution >= 4 is 29.2 Å². The normalized spacial score (nSPS) is 15.5. The number of rotatable bonds is 7. The number of nitrogens with zero attached hydrogens (tertiary/aromatic N) is 4. The molecule has 0 saturated carbocycles. The van der Waals surface area contributed by atoms with E-state index in [2.05, 4.69) is 4.99 Å². The summed E-state index contributed by atoms with van der Waals surface area (Å²) >= 11 is 1.12. The molecule has 0 spiro atoms. The van der Waals surface area contributed by atoms with Crippen molar-refractivity contribution in [1.82, 2.24) is 9.47 Å². The van der Waals surface area contributed by atoms with Gasteiger partial charge in [-0.25, -0.2) is 4.99 Å². The predicted molar refractivity (Wildman–Crippen MR) is 130 cm³/mol. The minimum Gasteiger partial charge on any atom is -0.496 e. The van der Waals surface area contributed by atoms with Gasteiger partial charge in [0.05, 0.1) is 29.0 Å². The molecule has 10 nitrogen and oxygen atoms in total. The molecule has 2 aromatic heterocycles. The van der Waals surface area contributed by atoms with Crippen molar-refractivity contribution in [3.63, 3.8) is 0 Å². The van der Waals surface area contributed by atoms with Gasteiger partial charge in [-0.15, -0.1) is 0 Å². The highest BCUT2D eigenvalue weighted by molar-refractivity contribution is 7.07. The topological polar surface area (TPSA) is 120 Å². The Kier molecular flexibility index (Phi) is 6.70. The summed E-state index contributed by atoms with van der Waals surface area (Å²) < 4.78 is 12.5. The van der Waals surface area contributed by atoms with Gasteiger partial charge in [-0.1, -0.05) is 29.5 Å². The maximum atomic E-state index is 13.6. The number of amides is 1. The molecular weight excluding hydrogens is 472 g/mol. The van der Waals surface area contributed by atoms with Crippen LogP contribution < -0.4 is 19.6 Å². The summed E-state index contributed by atoms with van der Waals surface area (Å²) in [6.45, 7) is 6.56. The number of carbonyl (C=O) groups excluding carboxylic acids is 1. The van der Waals surface area contributed by atoms with Gasteiger partial charge in [-0.3, -0.25) is 24.3 Å². The van der Waals surface area contributed by atoms with Crippen molar-refractivity contribution in [2.24, 2.45) is 4.99 Å². The van der Waals surface area contributed by atoms with E-state index in [4.69, 9.17) is 9.15 Å². The number of furan rings is 1. The van der Waals surface area contributed by atoms with Crippen molar-refractivity contribution in [3.05, 3.63) is 88.8 Å². The number of hydrogen-bond acceptors (Lipinski definition) is 8. The highest BCUT2D eigenvalue weighted by Gasteiger charge is 2.35. The molecule has 0 bridgehead atoms. The average molecular weight is 497 g/mol. The molecule has 3 aromatic rings. The van der Waals surface area contributed by atoms with Crippen LogP contribution >= 0.6 is 11.3 Å². The lowest BCUT2D eigenvalue weighted by molar-refractivity contribution is -0.402. The first kappa shape index (κ1) is 24.1. The molecule has 0 fully saturated rings. The third kappa shape index (κ3) is 4.30. The third-order valence-corrected chi connectivity index (χ3v) is 6.79. The molecule has 0 unspecified atom stereocenters.